The van der Waals surface area contributed by atoms with Crippen molar-refractivity contribution < 1.29 is 9.90 Å². The van der Waals surface area contributed by atoms with E-state index < -0.39 is 0 Å². The van der Waals surface area contributed by atoms with Gasteiger partial charge in [-0.05, 0) is 12.1 Å². The van der Waals surface area contributed by atoms with Crippen LogP contribution < -0.4 is 5.32 Å². The number of nitrogens with one attached hydrogen (secondary N) is 1. The van der Waals surface area contributed by atoms with Gasteiger partial charge in [0.05, 0.1) is 5.56 Å². The van der Waals surface area contributed by atoms with E-state index in [2.05, 4.69) is 5.32 Å². The summed E-state index contributed by atoms with van der Waals surface area (Å²) in [7, 11) is 0. The Labute approximate surface area is 69.1 Å². The molecule has 0 unspecified atom stereocenters. The van der Waals surface area contributed by atoms with Gasteiger partial charge in [0.15, 0.2) is 0 Å². The third-order valence-electron chi connectivity index (χ3n) is 1.34. The number of amides is 1. The van der Waals surface area contributed by atoms with Gasteiger partial charge in [0.1, 0.15) is 11.8 Å². The maximum absolute atomic E-state index is 9.98. The third kappa shape index (κ3) is 1.52. The number of hydrogen-bond acceptors (Lipinski definition) is 3. The molecule has 12 heavy (non-hydrogen) atoms. The largest absolute Gasteiger partial charge is 0.506 e. The molecule has 0 saturated carbocycles. The predicted octanol–water partition coefficient (Wildman–Crippen LogP) is 0.832. The van der Waals surface area contributed by atoms with Crippen LogP contribution in [0.5, 0.6) is 5.75 Å². The van der Waals surface area contributed by atoms with Crippen molar-refractivity contribution in [2.45, 2.75) is 0 Å². The first-order chi connectivity index (χ1) is 5.77. The van der Waals surface area contributed by atoms with Gasteiger partial charge in [0, 0.05) is 11.8 Å². The fourth-order valence-corrected chi connectivity index (χ4v) is 0.784. The molecular weight excluding hydrogens is 156 g/mol. The molecule has 0 heterocycles. The van der Waals surface area contributed by atoms with Crippen LogP contribution in [0.2, 0.25) is 0 Å². The monoisotopic (exact) mass is 162 g/mol. The first-order valence-electron chi connectivity index (χ1n) is 3.21. The highest BCUT2D eigenvalue weighted by molar-refractivity contribution is 5.72. The number of carbonyl (C=O) groups excluding carboxylic acids is 1. The zero-order chi connectivity index (χ0) is 8.97. The Morgan fingerprint density at radius 2 is 2.33 bits per heavy atom. The Morgan fingerprint density at radius 3 is 2.83 bits per heavy atom. The minimum atomic E-state index is -0.135. The van der Waals surface area contributed by atoms with Gasteiger partial charge in [0.25, 0.3) is 0 Å². The molecule has 0 spiro atoms. The fourth-order valence-electron chi connectivity index (χ4n) is 0.784. The summed E-state index contributed by atoms with van der Waals surface area (Å²) in [5.74, 6) is -0.135. The molecule has 0 radical (unpaired) electrons. The highest BCUT2D eigenvalue weighted by atomic mass is 16.3. The number of anilines is 1. The molecule has 0 fully saturated rings. The molecule has 0 atom stereocenters. The fraction of sp³-hybridized carbons (Fsp3) is 0. The summed E-state index contributed by atoms with van der Waals surface area (Å²) in [5.41, 5.74) is 0.646. The van der Waals surface area contributed by atoms with Crippen LogP contribution in [-0.4, -0.2) is 11.5 Å². The van der Waals surface area contributed by atoms with Crippen LogP contribution >= 0.6 is 0 Å². The molecule has 2 N–H and O–H groups in total. The molecule has 0 aliphatic carbocycles. The third-order valence-corrected chi connectivity index (χ3v) is 1.34. The summed E-state index contributed by atoms with van der Waals surface area (Å²) in [5, 5.41) is 19.9. The summed E-state index contributed by atoms with van der Waals surface area (Å²) >= 11 is 0. The Hall–Kier alpha value is -2.02. The quantitative estimate of drug-likeness (QED) is 0.632. The van der Waals surface area contributed by atoms with E-state index in [-0.39, 0.29) is 11.3 Å². The molecule has 0 aromatic heterocycles. The van der Waals surface area contributed by atoms with E-state index in [1.807, 2.05) is 0 Å². The van der Waals surface area contributed by atoms with E-state index in [9.17, 15) is 4.79 Å². The minimum Gasteiger partial charge on any atom is -0.506 e. The Morgan fingerprint density at radius 1 is 1.58 bits per heavy atom. The van der Waals surface area contributed by atoms with Gasteiger partial charge in [-0.25, -0.2) is 0 Å². The number of rotatable bonds is 2. The van der Waals surface area contributed by atoms with Crippen LogP contribution in [0.25, 0.3) is 0 Å². The van der Waals surface area contributed by atoms with E-state index in [1.54, 1.807) is 6.07 Å². The lowest BCUT2D eigenvalue weighted by atomic mass is 10.2. The maximum Gasteiger partial charge on any atom is 0.211 e. The van der Waals surface area contributed by atoms with Crippen LogP contribution in [0.4, 0.5) is 5.69 Å². The number of aromatic hydroxyl groups is 1. The maximum atomic E-state index is 9.98. The summed E-state index contributed by atoms with van der Waals surface area (Å²) in [6.45, 7) is 0. The number of nitriles is 1. The van der Waals surface area contributed by atoms with Crippen molar-refractivity contribution >= 4 is 12.1 Å². The van der Waals surface area contributed by atoms with Gasteiger partial charge < -0.3 is 10.4 Å². The molecule has 1 rings (SSSR count). The van der Waals surface area contributed by atoms with Crippen molar-refractivity contribution in [2.24, 2.45) is 0 Å². The molecule has 1 amide bonds. The lowest BCUT2D eigenvalue weighted by Gasteiger charge is -1.99. The Kier molecular flexibility index (Phi) is 2.29. The highest BCUT2D eigenvalue weighted by Gasteiger charge is 1.99. The molecule has 0 aliphatic rings. The van der Waals surface area contributed by atoms with Crippen molar-refractivity contribution in [1.29, 1.82) is 5.26 Å². The van der Waals surface area contributed by atoms with E-state index in [0.717, 1.165) is 0 Å². The number of benzene rings is 1. The average Bonchev–Trinajstić information content (AvgIpc) is 2.05. The standard InChI is InChI=1S/C8H6N2O2/c9-4-6-1-2-7(10-5-11)3-8(6)12/h1-3,5,12H,(H,10,11). The SMILES string of the molecule is N#Cc1ccc(NC=O)cc1O. The predicted molar refractivity (Wildman–Crippen MR) is 42.5 cm³/mol. The summed E-state index contributed by atoms with van der Waals surface area (Å²) in [6.07, 6.45) is 0.501. The Bertz CT molecular complexity index is 341. The second-order valence-electron chi connectivity index (χ2n) is 2.11. The topological polar surface area (TPSA) is 73.1 Å². The van der Waals surface area contributed by atoms with E-state index in [0.29, 0.717) is 12.1 Å². The summed E-state index contributed by atoms with van der Waals surface area (Å²) < 4.78 is 0. The molecule has 1 aromatic rings. The number of nitrogens with zero attached hydrogens (tertiary/aromatic N) is 1. The molecule has 1 aromatic carbocycles. The van der Waals surface area contributed by atoms with Gasteiger partial charge in [-0.2, -0.15) is 5.26 Å². The average molecular weight is 162 g/mol. The number of phenols is 1. The molecule has 0 saturated heterocycles. The first-order valence-corrected chi connectivity index (χ1v) is 3.21. The smallest absolute Gasteiger partial charge is 0.211 e. The van der Waals surface area contributed by atoms with Gasteiger partial charge in [0.2, 0.25) is 6.41 Å². The molecule has 4 nitrogen and oxygen atoms in total. The summed E-state index contributed by atoms with van der Waals surface area (Å²) in [6, 6.07) is 6.08. The van der Waals surface area contributed by atoms with E-state index >= 15 is 0 Å². The van der Waals surface area contributed by atoms with E-state index in [1.165, 1.54) is 18.2 Å². The zero-order valence-electron chi connectivity index (χ0n) is 6.11. The number of carbonyl (C=O) groups is 1. The highest BCUT2D eigenvalue weighted by Crippen LogP contribution is 2.20. The van der Waals surface area contributed by atoms with Crippen molar-refractivity contribution in [1.82, 2.24) is 0 Å². The molecular formula is C8H6N2O2. The van der Waals surface area contributed by atoms with Crippen molar-refractivity contribution in [2.75, 3.05) is 5.32 Å². The van der Waals surface area contributed by atoms with Gasteiger partial charge in [-0.1, -0.05) is 0 Å². The Balaban J connectivity index is 3.03. The first kappa shape index (κ1) is 8.08. The van der Waals surface area contributed by atoms with Crippen LogP contribution in [-0.2, 0) is 4.79 Å². The lowest BCUT2D eigenvalue weighted by molar-refractivity contribution is -0.105. The molecule has 0 bridgehead atoms. The number of hydrogen-bond donors (Lipinski definition) is 2. The number of phenolic OH excluding ortho intramolecular Hbond substituents is 1. The molecule has 60 valence electrons. The van der Waals surface area contributed by atoms with Crippen LogP contribution in [0.15, 0.2) is 18.2 Å². The van der Waals surface area contributed by atoms with Crippen molar-refractivity contribution in [3.63, 3.8) is 0 Å². The molecule has 0 aliphatic heterocycles. The van der Waals surface area contributed by atoms with Crippen molar-refractivity contribution in [3.05, 3.63) is 23.8 Å². The zero-order valence-corrected chi connectivity index (χ0v) is 6.11. The molecule has 4 heteroatoms. The van der Waals surface area contributed by atoms with Crippen LogP contribution in [0, 0.1) is 11.3 Å². The van der Waals surface area contributed by atoms with Gasteiger partial charge in [-0.15, -0.1) is 0 Å². The lowest BCUT2D eigenvalue weighted by Crippen LogP contribution is -1.93. The summed E-state index contributed by atoms with van der Waals surface area (Å²) in [4.78, 5) is 9.98. The second kappa shape index (κ2) is 3.39. The normalized spacial score (nSPS) is 8.58. The van der Waals surface area contributed by atoms with Crippen LogP contribution in [0.1, 0.15) is 5.56 Å². The van der Waals surface area contributed by atoms with Crippen molar-refractivity contribution in [3.8, 4) is 11.8 Å². The van der Waals surface area contributed by atoms with Gasteiger partial charge in [-0.3, -0.25) is 4.79 Å². The van der Waals surface area contributed by atoms with Gasteiger partial charge >= 0.3 is 0 Å². The second-order valence-corrected chi connectivity index (χ2v) is 2.11. The van der Waals surface area contributed by atoms with E-state index in [4.69, 9.17) is 10.4 Å². The minimum absolute atomic E-state index is 0.135. The van der Waals surface area contributed by atoms with Crippen LogP contribution in [0.3, 0.4) is 0 Å².